The summed E-state index contributed by atoms with van der Waals surface area (Å²) in [6, 6.07) is 0. The molecular weight excluding hydrogens is 144 g/mol. The molecule has 0 saturated heterocycles. The summed E-state index contributed by atoms with van der Waals surface area (Å²) < 4.78 is 0. The van der Waals surface area contributed by atoms with Crippen LogP contribution in [0.5, 0.6) is 0 Å². The van der Waals surface area contributed by atoms with Crippen molar-refractivity contribution in [3.8, 4) is 0 Å². The van der Waals surface area contributed by atoms with Crippen molar-refractivity contribution in [3.63, 3.8) is 0 Å². The Kier molecular flexibility index (Phi) is 6.84. The van der Waals surface area contributed by atoms with Gasteiger partial charge < -0.3 is 0 Å². The zero-order valence-electron chi connectivity index (χ0n) is 8.91. The topological polar surface area (TPSA) is 0 Å². The van der Waals surface area contributed by atoms with Gasteiger partial charge in [-0.05, 0) is 37.3 Å². The van der Waals surface area contributed by atoms with Crippen LogP contribution < -0.4 is 0 Å². The van der Waals surface area contributed by atoms with Crippen molar-refractivity contribution in [2.24, 2.45) is 0 Å². The minimum absolute atomic E-state index is 1.11. The van der Waals surface area contributed by atoms with Gasteiger partial charge in [0.1, 0.15) is 0 Å². The average molecular weight is 165 g/mol. The fourth-order valence-corrected chi connectivity index (χ4v) is 1.18. The van der Waals surface area contributed by atoms with Gasteiger partial charge in [0, 0.05) is 0 Å². The van der Waals surface area contributed by atoms with Gasteiger partial charge in [0.2, 0.25) is 0 Å². The van der Waals surface area contributed by atoms with Crippen LogP contribution in [0.1, 0.15) is 53.4 Å². The highest BCUT2D eigenvalue weighted by Gasteiger charge is 1.93. The van der Waals surface area contributed by atoms with Gasteiger partial charge in [-0.15, -0.1) is 0 Å². The molecule has 0 rings (SSSR count). The molecule has 1 radical (unpaired) electrons. The molecule has 0 aliphatic rings. The Morgan fingerprint density at radius 3 is 1.92 bits per heavy atom. The van der Waals surface area contributed by atoms with E-state index in [0.717, 1.165) is 25.7 Å². The maximum atomic E-state index is 3.48. The van der Waals surface area contributed by atoms with Crippen LogP contribution in [0.25, 0.3) is 0 Å². The molecule has 0 spiro atoms. The average Bonchev–Trinajstić information content (AvgIpc) is 2.12. The summed E-state index contributed by atoms with van der Waals surface area (Å²) >= 11 is 0. The fourth-order valence-electron chi connectivity index (χ4n) is 1.18. The lowest BCUT2D eigenvalue weighted by Gasteiger charge is -2.01. The highest BCUT2D eigenvalue weighted by Crippen LogP contribution is 2.11. The second kappa shape index (κ2) is 7.15. The molecule has 0 saturated carbocycles. The lowest BCUT2D eigenvalue weighted by Crippen LogP contribution is -1.83. The largest absolute Gasteiger partial charge is 0.0810 e. The monoisotopic (exact) mass is 165 g/mol. The third-order valence-electron chi connectivity index (χ3n) is 2.02. The highest BCUT2D eigenvalue weighted by molar-refractivity contribution is 5.16. The van der Waals surface area contributed by atoms with E-state index < -0.39 is 0 Å². The van der Waals surface area contributed by atoms with Crippen LogP contribution in [0.15, 0.2) is 17.2 Å². The Labute approximate surface area is 77.4 Å². The van der Waals surface area contributed by atoms with Crippen LogP contribution in [-0.4, -0.2) is 0 Å². The second-order valence-electron chi connectivity index (χ2n) is 2.93. The summed E-state index contributed by atoms with van der Waals surface area (Å²) in [6.07, 6.45) is 10.3. The molecule has 0 heterocycles. The van der Waals surface area contributed by atoms with Crippen LogP contribution in [0.3, 0.4) is 0 Å². The first-order chi connectivity index (χ1) is 5.78. The van der Waals surface area contributed by atoms with Crippen LogP contribution in [0, 0.1) is 6.08 Å². The molecule has 12 heavy (non-hydrogen) atoms. The molecular formula is C12H21. The summed E-state index contributed by atoms with van der Waals surface area (Å²) in [5.41, 5.74) is 2.81. The fraction of sp³-hybridized carbons (Fsp3) is 0.667. The van der Waals surface area contributed by atoms with Crippen molar-refractivity contribution < 1.29 is 0 Å². The van der Waals surface area contributed by atoms with Crippen LogP contribution >= 0.6 is 0 Å². The number of rotatable bonds is 5. The van der Waals surface area contributed by atoms with Gasteiger partial charge in [-0.3, -0.25) is 0 Å². The minimum Gasteiger partial charge on any atom is -0.0810 e. The van der Waals surface area contributed by atoms with Crippen molar-refractivity contribution in [1.82, 2.24) is 0 Å². The SMILES string of the molecule is CCC=C([C]=C(CC)CC)CC. The highest BCUT2D eigenvalue weighted by atomic mass is 14.0. The molecule has 0 unspecified atom stereocenters. The molecule has 0 amide bonds. The zero-order valence-corrected chi connectivity index (χ0v) is 8.91. The first-order valence-corrected chi connectivity index (χ1v) is 5.09. The number of hydrogen-bond donors (Lipinski definition) is 0. The summed E-state index contributed by atoms with van der Waals surface area (Å²) in [5, 5.41) is 0. The van der Waals surface area contributed by atoms with Gasteiger partial charge in [0.25, 0.3) is 0 Å². The molecule has 0 aromatic heterocycles. The summed E-state index contributed by atoms with van der Waals surface area (Å²) in [4.78, 5) is 0. The first-order valence-electron chi connectivity index (χ1n) is 5.09. The zero-order chi connectivity index (χ0) is 9.40. The normalized spacial score (nSPS) is 11.5. The van der Waals surface area contributed by atoms with Gasteiger partial charge in [-0.1, -0.05) is 39.3 Å². The first kappa shape index (κ1) is 11.5. The third kappa shape index (κ3) is 4.38. The van der Waals surface area contributed by atoms with Gasteiger partial charge in [0.05, 0.1) is 0 Å². The van der Waals surface area contributed by atoms with E-state index in [1.807, 2.05) is 0 Å². The molecule has 0 bridgehead atoms. The molecule has 0 heteroatoms. The Bertz CT molecular complexity index is 155. The van der Waals surface area contributed by atoms with Crippen molar-refractivity contribution >= 4 is 0 Å². The quantitative estimate of drug-likeness (QED) is 0.533. The van der Waals surface area contributed by atoms with E-state index >= 15 is 0 Å². The minimum atomic E-state index is 1.11. The van der Waals surface area contributed by atoms with Crippen molar-refractivity contribution in [1.29, 1.82) is 0 Å². The predicted molar refractivity (Wildman–Crippen MR) is 56.0 cm³/mol. The molecule has 0 aliphatic heterocycles. The lowest BCUT2D eigenvalue weighted by molar-refractivity contribution is 0.952. The van der Waals surface area contributed by atoms with E-state index in [2.05, 4.69) is 39.8 Å². The maximum absolute atomic E-state index is 3.48. The maximum Gasteiger partial charge on any atom is -0.0161 e. The van der Waals surface area contributed by atoms with Crippen LogP contribution in [-0.2, 0) is 0 Å². The van der Waals surface area contributed by atoms with E-state index in [-0.39, 0.29) is 0 Å². The van der Waals surface area contributed by atoms with E-state index in [4.69, 9.17) is 0 Å². The molecule has 0 aromatic carbocycles. The Morgan fingerprint density at radius 1 is 1.00 bits per heavy atom. The van der Waals surface area contributed by atoms with E-state index in [9.17, 15) is 0 Å². The standard InChI is InChI=1S/C12H21/c1-5-9-12(8-4)10-11(6-2)7-3/h9H,5-8H2,1-4H3. The number of hydrogen-bond acceptors (Lipinski definition) is 0. The molecule has 0 aromatic rings. The number of allylic oxidation sites excluding steroid dienone is 4. The molecule has 0 fully saturated rings. The summed E-state index contributed by atoms with van der Waals surface area (Å²) in [6.45, 7) is 8.77. The van der Waals surface area contributed by atoms with Crippen LogP contribution in [0.4, 0.5) is 0 Å². The lowest BCUT2D eigenvalue weighted by atomic mass is 10.0. The molecule has 0 aliphatic carbocycles. The van der Waals surface area contributed by atoms with E-state index in [0.29, 0.717) is 0 Å². The molecule has 0 N–H and O–H groups in total. The van der Waals surface area contributed by atoms with Gasteiger partial charge in [-0.2, -0.15) is 0 Å². The predicted octanol–water partition coefficient (Wildman–Crippen LogP) is 4.28. The molecule has 69 valence electrons. The smallest absolute Gasteiger partial charge is 0.0161 e. The van der Waals surface area contributed by atoms with Crippen molar-refractivity contribution in [2.45, 2.75) is 53.4 Å². The van der Waals surface area contributed by atoms with Gasteiger partial charge >= 0.3 is 0 Å². The van der Waals surface area contributed by atoms with Gasteiger partial charge in [0.15, 0.2) is 0 Å². The van der Waals surface area contributed by atoms with Gasteiger partial charge in [-0.25, -0.2) is 0 Å². The Hall–Kier alpha value is -0.520. The second-order valence-corrected chi connectivity index (χ2v) is 2.93. The van der Waals surface area contributed by atoms with Crippen LogP contribution in [0.2, 0.25) is 0 Å². The van der Waals surface area contributed by atoms with Crippen molar-refractivity contribution in [2.75, 3.05) is 0 Å². The molecule has 0 nitrogen and oxygen atoms in total. The van der Waals surface area contributed by atoms with E-state index in [1.165, 1.54) is 11.1 Å². The Balaban J connectivity index is 4.32. The van der Waals surface area contributed by atoms with E-state index in [1.54, 1.807) is 0 Å². The Morgan fingerprint density at radius 2 is 1.58 bits per heavy atom. The summed E-state index contributed by atoms with van der Waals surface area (Å²) in [7, 11) is 0. The van der Waals surface area contributed by atoms with Crippen molar-refractivity contribution in [3.05, 3.63) is 23.3 Å². The summed E-state index contributed by atoms with van der Waals surface area (Å²) in [5.74, 6) is 0. The molecule has 0 atom stereocenters. The third-order valence-corrected chi connectivity index (χ3v) is 2.02.